The van der Waals surface area contributed by atoms with Crippen molar-refractivity contribution in [2.45, 2.75) is 6.54 Å². The van der Waals surface area contributed by atoms with E-state index in [1.807, 2.05) is 0 Å². The Morgan fingerprint density at radius 2 is 2.50 bits per heavy atom. The van der Waals surface area contributed by atoms with Crippen LogP contribution < -0.4 is 10.1 Å². The van der Waals surface area contributed by atoms with Crippen LogP contribution in [-0.4, -0.2) is 16.5 Å². The molecule has 1 heterocycles. The molecule has 0 bridgehead atoms. The summed E-state index contributed by atoms with van der Waals surface area (Å²) in [5.74, 6) is 0. The van der Waals surface area contributed by atoms with E-state index in [4.69, 9.17) is 5.73 Å². The van der Waals surface area contributed by atoms with E-state index in [1.165, 1.54) is 9.27 Å². The molecule has 0 radical (unpaired) electrons. The Bertz CT molecular complexity index is 173. The van der Waals surface area contributed by atoms with Gasteiger partial charge in [-0.2, -0.15) is 0 Å². The standard InChI is InChI=1S/C5H9GeNS/c6-4-1-2-8-5(4)3-7/h1-2H,3,7H2,6H3. The molecule has 0 aliphatic heterocycles. The second-order valence-corrected chi connectivity index (χ2v) is 4.99. The Labute approximate surface area is 61.1 Å². The summed E-state index contributed by atoms with van der Waals surface area (Å²) in [6.45, 7) is 0.731. The third kappa shape index (κ3) is 1.13. The zero-order chi connectivity index (χ0) is 5.98. The monoisotopic (exact) mass is 189 g/mol. The molecule has 0 spiro atoms. The van der Waals surface area contributed by atoms with Gasteiger partial charge in [0.05, 0.1) is 0 Å². The first-order valence-corrected chi connectivity index (χ1v) is 5.55. The van der Waals surface area contributed by atoms with Gasteiger partial charge in [0, 0.05) is 0 Å². The fraction of sp³-hybridized carbons (Fsp3) is 0.200. The second-order valence-electron chi connectivity index (χ2n) is 1.73. The summed E-state index contributed by atoms with van der Waals surface area (Å²) < 4.78 is 1.50. The molecule has 0 fully saturated rings. The number of nitrogens with two attached hydrogens (primary N) is 1. The minimum absolute atomic E-state index is 0.731. The number of hydrogen-bond donors (Lipinski definition) is 1. The Morgan fingerprint density at radius 1 is 1.75 bits per heavy atom. The van der Waals surface area contributed by atoms with Gasteiger partial charge in [-0.1, -0.05) is 0 Å². The quantitative estimate of drug-likeness (QED) is 0.573. The molecule has 2 N–H and O–H groups in total. The van der Waals surface area contributed by atoms with E-state index < -0.39 is 0 Å². The van der Waals surface area contributed by atoms with Crippen molar-refractivity contribution in [3.05, 3.63) is 16.3 Å². The molecular formula is C5H9GeNS. The molecular weight excluding hydrogens is 179 g/mol. The van der Waals surface area contributed by atoms with Gasteiger partial charge >= 0.3 is 60.8 Å². The van der Waals surface area contributed by atoms with Crippen LogP contribution in [0.2, 0.25) is 0 Å². The number of hydrogen-bond acceptors (Lipinski definition) is 2. The fourth-order valence-electron chi connectivity index (χ4n) is 0.613. The van der Waals surface area contributed by atoms with Crippen molar-refractivity contribution in [1.82, 2.24) is 0 Å². The first-order valence-electron chi connectivity index (χ1n) is 2.57. The second kappa shape index (κ2) is 2.66. The van der Waals surface area contributed by atoms with Gasteiger partial charge in [0.15, 0.2) is 0 Å². The van der Waals surface area contributed by atoms with Crippen LogP contribution in [-0.2, 0) is 6.54 Å². The Balaban J connectivity index is 2.92. The first-order chi connectivity index (χ1) is 3.84. The third-order valence-corrected chi connectivity index (χ3v) is 4.92. The normalized spacial score (nSPS) is 10.1. The third-order valence-electron chi connectivity index (χ3n) is 1.15. The summed E-state index contributed by atoms with van der Waals surface area (Å²) in [6, 6.07) is 2.17. The molecule has 0 saturated heterocycles. The summed E-state index contributed by atoms with van der Waals surface area (Å²) in [5.41, 5.74) is 5.44. The predicted octanol–water partition coefficient (Wildman–Crippen LogP) is -0.802. The molecule has 1 aromatic heterocycles. The fourth-order valence-corrected chi connectivity index (χ4v) is 3.43. The Kier molecular flexibility index (Phi) is 2.10. The van der Waals surface area contributed by atoms with Crippen LogP contribution in [0.25, 0.3) is 0 Å². The molecule has 0 aliphatic rings. The molecule has 1 nitrogen and oxygen atoms in total. The molecule has 0 atom stereocenters. The summed E-state index contributed by atoms with van der Waals surface area (Å²) in [6.07, 6.45) is 0. The minimum atomic E-state index is 0.731. The maximum atomic E-state index is 5.44. The molecule has 0 unspecified atom stereocenters. The first kappa shape index (κ1) is 6.32. The van der Waals surface area contributed by atoms with Crippen molar-refractivity contribution in [2.75, 3.05) is 0 Å². The Hall–Kier alpha value is 0.203. The summed E-state index contributed by atoms with van der Waals surface area (Å²) >= 11 is 2.58. The van der Waals surface area contributed by atoms with Gasteiger partial charge in [-0.25, -0.2) is 0 Å². The van der Waals surface area contributed by atoms with Crippen molar-refractivity contribution < 1.29 is 0 Å². The average molecular weight is 188 g/mol. The van der Waals surface area contributed by atoms with Gasteiger partial charge in [0.2, 0.25) is 0 Å². The summed E-state index contributed by atoms with van der Waals surface area (Å²) in [5, 5.41) is 2.11. The predicted molar refractivity (Wildman–Crippen MR) is 41.8 cm³/mol. The topological polar surface area (TPSA) is 26.0 Å². The molecule has 0 aromatic carbocycles. The Morgan fingerprint density at radius 3 is 2.75 bits per heavy atom. The van der Waals surface area contributed by atoms with Gasteiger partial charge in [0.25, 0.3) is 0 Å². The van der Waals surface area contributed by atoms with E-state index in [1.54, 1.807) is 11.3 Å². The van der Waals surface area contributed by atoms with Gasteiger partial charge in [-0.15, -0.1) is 0 Å². The maximum absolute atomic E-state index is 5.44. The van der Waals surface area contributed by atoms with Crippen molar-refractivity contribution >= 4 is 32.2 Å². The average Bonchev–Trinajstić information content (AvgIpc) is 2.14. The molecule has 0 saturated carbocycles. The molecule has 44 valence electrons. The summed E-state index contributed by atoms with van der Waals surface area (Å²) in [4.78, 5) is 1.38. The molecule has 0 aliphatic carbocycles. The molecule has 1 rings (SSSR count). The van der Waals surface area contributed by atoms with Crippen LogP contribution in [0.3, 0.4) is 0 Å². The molecule has 3 heteroatoms. The van der Waals surface area contributed by atoms with E-state index in [0.29, 0.717) is 0 Å². The SMILES string of the molecule is NCc1scc[c]1[GeH3]. The van der Waals surface area contributed by atoms with E-state index in [9.17, 15) is 0 Å². The van der Waals surface area contributed by atoms with Gasteiger partial charge in [-0.05, 0) is 0 Å². The van der Waals surface area contributed by atoms with Crippen LogP contribution >= 0.6 is 11.3 Å². The van der Waals surface area contributed by atoms with E-state index in [0.717, 1.165) is 23.1 Å². The van der Waals surface area contributed by atoms with E-state index in [-0.39, 0.29) is 0 Å². The summed E-state index contributed by atoms with van der Waals surface area (Å²) in [7, 11) is 0. The molecule has 1 aromatic rings. The van der Waals surface area contributed by atoms with Crippen LogP contribution in [0.5, 0.6) is 0 Å². The van der Waals surface area contributed by atoms with E-state index >= 15 is 0 Å². The van der Waals surface area contributed by atoms with Gasteiger partial charge in [-0.3, -0.25) is 0 Å². The zero-order valence-electron chi connectivity index (χ0n) is 4.85. The zero-order valence-corrected chi connectivity index (χ0v) is 9.86. The molecule has 0 amide bonds. The van der Waals surface area contributed by atoms with Crippen molar-refractivity contribution in [3.8, 4) is 0 Å². The van der Waals surface area contributed by atoms with Crippen LogP contribution in [0, 0.1) is 0 Å². The van der Waals surface area contributed by atoms with Gasteiger partial charge < -0.3 is 0 Å². The van der Waals surface area contributed by atoms with Crippen LogP contribution in [0.15, 0.2) is 11.4 Å². The number of thiophene rings is 1. The van der Waals surface area contributed by atoms with Crippen molar-refractivity contribution in [3.63, 3.8) is 0 Å². The van der Waals surface area contributed by atoms with Crippen molar-refractivity contribution in [1.29, 1.82) is 0 Å². The molecule has 8 heavy (non-hydrogen) atoms. The van der Waals surface area contributed by atoms with Gasteiger partial charge in [0.1, 0.15) is 0 Å². The van der Waals surface area contributed by atoms with Crippen LogP contribution in [0.1, 0.15) is 4.88 Å². The van der Waals surface area contributed by atoms with Crippen LogP contribution in [0.4, 0.5) is 0 Å². The van der Waals surface area contributed by atoms with Crippen molar-refractivity contribution in [2.24, 2.45) is 5.73 Å². The van der Waals surface area contributed by atoms with E-state index in [2.05, 4.69) is 11.4 Å². The number of rotatable bonds is 1.